The van der Waals surface area contributed by atoms with Gasteiger partial charge in [-0.15, -0.1) is 0 Å². The van der Waals surface area contributed by atoms with Gasteiger partial charge in [0.05, 0.1) is 28.8 Å². The number of likely N-dealkylation sites (tertiary alicyclic amines) is 1. The number of benzene rings is 1. The molecule has 10 heteroatoms. The Morgan fingerprint density at radius 2 is 1.81 bits per heavy atom. The number of aromatic nitrogens is 2. The highest BCUT2D eigenvalue weighted by atomic mass is 19.4. The summed E-state index contributed by atoms with van der Waals surface area (Å²) in [4.78, 5) is 38.7. The number of carbonyl (C=O) groups is 3. The standard InChI is InChI=1S/C21H21F3N4O3/c22-21(23,24)13-6-7-17(28-10-3-9-25-28)16(12-13)26-18(29)8-11-27-19(30)14-4-1-2-5-15(14)20(27)31/h3,6-7,9-10,12,14-15H,1-2,4-5,8,11H2,(H,26,29)/t14-,15-/m0/s1. The van der Waals surface area contributed by atoms with Crippen molar-refractivity contribution < 1.29 is 27.6 Å². The van der Waals surface area contributed by atoms with Crippen molar-refractivity contribution in [3.63, 3.8) is 0 Å². The zero-order valence-corrected chi connectivity index (χ0v) is 16.6. The first kappa shape index (κ1) is 21.1. The lowest BCUT2D eigenvalue weighted by Crippen LogP contribution is -2.34. The average molecular weight is 434 g/mol. The number of amides is 3. The Morgan fingerprint density at radius 1 is 1.13 bits per heavy atom. The molecule has 4 rings (SSSR count). The lowest BCUT2D eigenvalue weighted by Gasteiger charge is -2.19. The molecule has 31 heavy (non-hydrogen) atoms. The quantitative estimate of drug-likeness (QED) is 0.732. The van der Waals surface area contributed by atoms with Crippen molar-refractivity contribution in [1.29, 1.82) is 0 Å². The number of fused-ring (bicyclic) bond motifs is 1. The number of alkyl halides is 3. The van der Waals surface area contributed by atoms with Gasteiger partial charge in [0.1, 0.15) is 0 Å². The number of nitrogens with zero attached hydrogens (tertiary/aromatic N) is 3. The fourth-order valence-corrected chi connectivity index (χ4v) is 4.30. The van der Waals surface area contributed by atoms with Crippen molar-refractivity contribution in [2.45, 2.75) is 38.3 Å². The number of hydrogen-bond acceptors (Lipinski definition) is 4. The van der Waals surface area contributed by atoms with Crippen molar-refractivity contribution in [2.75, 3.05) is 11.9 Å². The van der Waals surface area contributed by atoms with Gasteiger partial charge in [-0.2, -0.15) is 18.3 Å². The summed E-state index contributed by atoms with van der Waals surface area (Å²) in [5.74, 6) is -1.71. The molecule has 0 radical (unpaired) electrons. The minimum absolute atomic E-state index is 0.0590. The van der Waals surface area contributed by atoms with Gasteiger partial charge in [0.25, 0.3) is 0 Å². The molecule has 1 N–H and O–H groups in total. The summed E-state index contributed by atoms with van der Waals surface area (Å²) in [5.41, 5.74) is -0.699. The van der Waals surface area contributed by atoms with E-state index in [9.17, 15) is 27.6 Å². The molecule has 2 atom stereocenters. The zero-order valence-electron chi connectivity index (χ0n) is 16.6. The van der Waals surface area contributed by atoms with Crippen molar-refractivity contribution in [1.82, 2.24) is 14.7 Å². The van der Waals surface area contributed by atoms with Crippen molar-refractivity contribution in [3.8, 4) is 5.69 Å². The van der Waals surface area contributed by atoms with Crippen molar-refractivity contribution in [3.05, 3.63) is 42.2 Å². The minimum Gasteiger partial charge on any atom is -0.324 e. The largest absolute Gasteiger partial charge is 0.416 e. The van der Waals surface area contributed by atoms with E-state index >= 15 is 0 Å². The maximum absolute atomic E-state index is 13.1. The van der Waals surface area contributed by atoms with E-state index in [-0.39, 0.29) is 48.0 Å². The van der Waals surface area contributed by atoms with Crippen LogP contribution in [0.5, 0.6) is 0 Å². The van der Waals surface area contributed by atoms with Gasteiger partial charge in [0.2, 0.25) is 17.7 Å². The Morgan fingerprint density at radius 3 is 2.39 bits per heavy atom. The summed E-state index contributed by atoms with van der Waals surface area (Å²) in [6.07, 6.45) is 1.39. The second kappa shape index (κ2) is 8.16. The van der Waals surface area contributed by atoms with E-state index in [1.54, 1.807) is 12.3 Å². The molecular formula is C21H21F3N4O3. The van der Waals surface area contributed by atoms with Crippen LogP contribution in [-0.2, 0) is 20.6 Å². The first-order chi connectivity index (χ1) is 14.8. The highest BCUT2D eigenvalue weighted by Gasteiger charge is 2.47. The number of imide groups is 1. The Balaban J connectivity index is 1.48. The van der Waals surface area contributed by atoms with Crippen LogP contribution >= 0.6 is 0 Å². The average Bonchev–Trinajstić information content (AvgIpc) is 3.34. The molecule has 164 valence electrons. The van der Waals surface area contributed by atoms with E-state index in [0.29, 0.717) is 12.8 Å². The van der Waals surface area contributed by atoms with Crippen LogP contribution in [0.3, 0.4) is 0 Å². The summed E-state index contributed by atoms with van der Waals surface area (Å²) in [6.45, 7) is -0.0907. The molecule has 7 nitrogen and oxygen atoms in total. The van der Waals surface area contributed by atoms with Crippen molar-refractivity contribution in [2.24, 2.45) is 11.8 Å². The summed E-state index contributed by atoms with van der Waals surface area (Å²) in [6, 6.07) is 4.59. The highest BCUT2D eigenvalue weighted by Crippen LogP contribution is 2.38. The summed E-state index contributed by atoms with van der Waals surface area (Å²) in [5, 5.41) is 6.48. The minimum atomic E-state index is -4.58. The highest BCUT2D eigenvalue weighted by molar-refractivity contribution is 6.05. The summed E-state index contributed by atoms with van der Waals surface area (Å²) in [7, 11) is 0. The second-order valence-corrected chi connectivity index (χ2v) is 7.80. The normalized spacial score (nSPS) is 21.3. The number of carbonyl (C=O) groups excluding carboxylic acids is 3. The van der Waals surface area contributed by atoms with Crippen LogP contribution in [0.1, 0.15) is 37.7 Å². The molecule has 1 aliphatic heterocycles. The molecule has 2 aromatic rings. The number of rotatable bonds is 5. The molecule has 0 unspecified atom stereocenters. The monoisotopic (exact) mass is 434 g/mol. The third-order valence-corrected chi connectivity index (χ3v) is 5.84. The van der Waals surface area contributed by atoms with Gasteiger partial charge in [-0.25, -0.2) is 4.68 Å². The number of hydrogen-bond donors (Lipinski definition) is 1. The fourth-order valence-electron chi connectivity index (χ4n) is 4.30. The van der Waals surface area contributed by atoms with Gasteiger partial charge in [-0.05, 0) is 37.1 Å². The number of nitrogens with one attached hydrogen (secondary N) is 1. The second-order valence-electron chi connectivity index (χ2n) is 7.80. The fraction of sp³-hybridized carbons (Fsp3) is 0.429. The molecule has 1 aromatic carbocycles. The third kappa shape index (κ3) is 4.19. The number of anilines is 1. The molecule has 0 spiro atoms. The smallest absolute Gasteiger partial charge is 0.324 e. The predicted molar refractivity (Wildman–Crippen MR) is 104 cm³/mol. The van der Waals surface area contributed by atoms with E-state index in [0.717, 1.165) is 29.9 Å². The molecule has 3 amide bonds. The Labute approximate surface area is 176 Å². The lowest BCUT2D eigenvalue weighted by atomic mass is 9.81. The van der Waals surface area contributed by atoms with E-state index in [4.69, 9.17) is 0 Å². The first-order valence-electron chi connectivity index (χ1n) is 10.1. The van der Waals surface area contributed by atoms with Crippen LogP contribution in [-0.4, -0.2) is 38.9 Å². The topological polar surface area (TPSA) is 84.3 Å². The first-order valence-corrected chi connectivity index (χ1v) is 10.1. The zero-order chi connectivity index (χ0) is 22.2. The van der Waals surface area contributed by atoms with Crippen LogP contribution < -0.4 is 5.32 Å². The van der Waals surface area contributed by atoms with Gasteiger partial charge in [-0.3, -0.25) is 19.3 Å². The Hall–Kier alpha value is -3.17. The molecule has 0 bridgehead atoms. The van der Waals surface area contributed by atoms with E-state index < -0.39 is 17.6 Å². The Bertz CT molecular complexity index is 980. The van der Waals surface area contributed by atoms with Crippen LogP contribution in [0.25, 0.3) is 5.69 Å². The number of halogens is 3. The molecular weight excluding hydrogens is 413 g/mol. The molecule has 2 aliphatic rings. The van der Waals surface area contributed by atoms with E-state index in [2.05, 4.69) is 10.4 Å². The maximum Gasteiger partial charge on any atom is 0.416 e. The SMILES string of the molecule is O=C(CCN1C(=O)[C@H]2CCCC[C@@H]2C1=O)Nc1cc(C(F)(F)F)ccc1-n1cccn1. The maximum atomic E-state index is 13.1. The van der Waals surface area contributed by atoms with Crippen LogP contribution in [0.4, 0.5) is 18.9 Å². The summed E-state index contributed by atoms with van der Waals surface area (Å²) >= 11 is 0. The van der Waals surface area contributed by atoms with E-state index in [1.807, 2.05) is 0 Å². The van der Waals surface area contributed by atoms with Gasteiger partial charge in [-0.1, -0.05) is 12.8 Å². The van der Waals surface area contributed by atoms with Gasteiger partial charge in [0, 0.05) is 25.4 Å². The molecule has 1 aromatic heterocycles. The Kier molecular flexibility index (Phi) is 5.55. The van der Waals surface area contributed by atoms with Crippen LogP contribution in [0, 0.1) is 11.8 Å². The van der Waals surface area contributed by atoms with Crippen LogP contribution in [0.15, 0.2) is 36.7 Å². The molecule has 1 saturated carbocycles. The molecule has 2 heterocycles. The lowest BCUT2D eigenvalue weighted by molar-refractivity contribution is -0.140. The summed E-state index contributed by atoms with van der Waals surface area (Å²) < 4.78 is 40.8. The molecule has 1 aliphatic carbocycles. The van der Waals surface area contributed by atoms with Gasteiger partial charge >= 0.3 is 6.18 Å². The van der Waals surface area contributed by atoms with E-state index in [1.165, 1.54) is 16.9 Å². The van der Waals surface area contributed by atoms with Gasteiger partial charge < -0.3 is 5.32 Å². The molecule has 1 saturated heterocycles. The predicted octanol–water partition coefficient (Wildman–Crippen LogP) is 3.39. The van der Waals surface area contributed by atoms with Crippen molar-refractivity contribution >= 4 is 23.4 Å². The van der Waals surface area contributed by atoms with Crippen LogP contribution in [0.2, 0.25) is 0 Å². The van der Waals surface area contributed by atoms with Gasteiger partial charge in [0.15, 0.2) is 0 Å². The molecule has 2 fully saturated rings. The third-order valence-electron chi connectivity index (χ3n) is 5.84.